The predicted octanol–water partition coefficient (Wildman–Crippen LogP) is 1.92. The third kappa shape index (κ3) is 3.99. The third-order valence-electron chi connectivity index (χ3n) is 2.17. The summed E-state index contributed by atoms with van der Waals surface area (Å²) in [6.07, 6.45) is 1.59. The highest BCUT2D eigenvalue weighted by atomic mass is 16.5. The number of hydroxylamine groups is 1. The van der Waals surface area contributed by atoms with Crippen LogP contribution < -0.4 is 5.06 Å². The van der Waals surface area contributed by atoms with Gasteiger partial charge < -0.3 is 5.11 Å². The summed E-state index contributed by atoms with van der Waals surface area (Å²) >= 11 is 0. The van der Waals surface area contributed by atoms with E-state index in [1.54, 1.807) is 19.2 Å². The summed E-state index contributed by atoms with van der Waals surface area (Å²) in [5.74, 6) is -0.762. The number of benzene rings is 1. The smallest absolute Gasteiger partial charge is 0.303 e. The Morgan fingerprint density at radius 3 is 2.40 bits per heavy atom. The Morgan fingerprint density at radius 1 is 1.33 bits per heavy atom. The fourth-order valence-electron chi connectivity index (χ4n) is 1.32. The number of hydrogen-bond donors (Lipinski definition) is 2. The van der Waals surface area contributed by atoms with Crippen molar-refractivity contribution in [3.63, 3.8) is 0 Å². The lowest BCUT2D eigenvalue weighted by molar-refractivity contribution is -0.137. The average Bonchev–Trinajstić information content (AvgIpc) is 2.18. The standard InChI is InChI=1S/C11H15NO3/c1-12(15)10-7-5-9(6-8-10)3-2-4-11(13)14/h5-8,15H,2-4H2,1H3,(H,13,14). The number of aryl methyl sites for hydroxylation is 1. The van der Waals surface area contributed by atoms with Crippen molar-refractivity contribution in [1.82, 2.24) is 0 Å². The molecule has 0 radical (unpaired) electrons. The Balaban J connectivity index is 2.46. The molecule has 4 heteroatoms. The molecule has 1 aromatic rings. The lowest BCUT2D eigenvalue weighted by atomic mass is 10.1. The molecule has 1 aromatic carbocycles. The summed E-state index contributed by atoms with van der Waals surface area (Å²) in [5.41, 5.74) is 1.80. The van der Waals surface area contributed by atoms with Crippen LogP contribution in [-0.2, 0) is 11.2 Å². The van der Waals surface area contributed by atoms with Gasteiger partial charge in [0.15, 0.2) is 0 Å². The Kier molecular flexibility index (Phi) is 4.12. The molecule has 15 heavy (non-hydrogen) atoms. The normalized spacial score (nSPS) is 10.0. The number of rotatable bonds is 5. The highest BCUT2D eigenvalue weighted by Crippen LogP contribution is 2.13. The van der Waals surface area contributed by atoms with E-state index in [4.69, 9.17) is 10.3 Å². The summed E-state index contributed by atoms with van der Waals surface area (Å²) in [6, 6.07) is 7.39. The molecule has 0 spiro atoms. The molecule has 0 amide bonds. The molecular weight excluding hydrogens is 194 g/mol. The SMILES string of the molecule is CN(O)c1ccc(CCCC(=O)O)cc1. The largest absolute Gasteiger partial charge is 0.481 e. The Labute approximate surface area is 88.7 Å². The number of carboxylic acid groups (broad SMARTS) is 1. The molecule has 0 saturated carbocycles. The summed E-state index contributed by atoms with van der Waals surface area (Å²) in [6.45, 7) is 0. The topological polar surface area (TPSA) is 60.8 Å². The molecule has 1 rings (SSSR count). The molecule has 0 bridgehead atoms. The fraction of sp³-hybridized carbons (Fsp3) is 0.364. The molecule has 2 N–H and O–H groups in total. The molecular formula is C11H15NO3. The van der Waals surface area contributed by atoms with E-state index in [-0.39, 0.29) is 6.42 Å². The predicted molar refractivity (Wildman–Crippen MR) is 57.2 cm³/mol. The van der Waals surface area contributed by atoms with Crippen LogP contribution in [0.2, 0.25) is 0 Å². The van der Waals surface area contributed by atoms with Crippen LogP contribution in [0.4, 0.5) is 5.69 Å². The highest BCUT2D eigenvalue weighted by molar-refractivity contribution is 5.66. The second-order valence-corrected chi connectivity index (χ2v) is 3.44. The zero-order valence-electron chi connectivity index (χ0n) is 8.68. The number of carboxylic acids is 1. The van der Waals surface area contributed by atoms with Gasteiger partial charge in [0.2, 0.25) is 0 Å². The zero-order valence-corrected chi connectivity index (χ0v) is 8.68. The Morgan fingerprint density at radius 2 is 1.93 bits per heavy atom. The maximum Gasteiger partial charge on any atom is 0.303 e. The van der Waals surface area contributed by atoms with Crippen molar-refractivity contribution in [1.29, 1.82) is 0 Å². The van der Waals surface area contributed by atoms with Gasteiger partial charge in [0.05, 0.1) is 5.69 Å². The third-order valence-corrected chi connectivity index (χ3v) is 2.17. The van der Waals surface area contributed by atoms with E-state index in [1.165, 1.54) is 0 Å². The van der Waals surface area contributed by atoms with Crippen LogP contribution >= 0.6 is 0 Å². The van der Waals surface area contributed by atoms with Crippen LogP contribution in [0.25, 0.3) is 0 Å². The lowest BCUT2D eigenvalue weighted by Gasteiger charge is -2.10. The van der Waals surface area contributed by atoms with Crippen molar-refractivity contribution in [2.45, 2.75) is 19.3 Å². The average molecular weight is 209 g/mol. The minimum Gasteiger partial charge on any atom is -0.481 e. The molecule has 0 saturated heterocycles. The summed E-state index contributed by atoms with van der Waals surface area (Å²) in [7, 11) is 1.55. The van der Waals surface area contributed by atoms with Gasteiger partial charge in [-0.15, -0.1) is 0 Å². The van der Waals surface area contributed by atoms with Crippen LogP contribution in [-0.4, -0.2) is 23.3 Å². The first-order chi connectivity index (χ1) is 7.09. The van der Waals surface area contributed by atoms with E-state index in [2.05, 4.69) is 0 Å². The van der Waals surface area contributed by atoms with Crippen molar-refractivity contribution >= 4 is 11.7 Å². The quantitative estimate of drug-likeness (QED) is 0.727. The molecule has 0 aliphatic heterocycles. The number of aliphatic carboxylic acids is 1. The van der Waals surface area contributed by atoms with Gasteiger partial charge in [-0.1, -0.05) is 12.1 Å². The summed E-state index contributed by atoms with van der Waals surface area (Å²) < 4.78 is 0. The molecule has 0 aromatic heterocycles. The van der Waals surface area contributed by atoms with Crippen LogP contribution in [0.3, 0.4) is 0 Å². The van der Waals surface area contributed by atoms with Gasteiger partial charge in [-0.25, -0.2) is 0 Å². The number of hydrogen-bond acceptors (Lipinski definition) is 3. The molecule has 0 atom stereocenters. The number of nitrogens with zero attached hydrogens (tertiary/aromatic N) is 1. The Bertz CT molecular complexity index is 319. The van der Waals surface area contributed by atoms with Crippen LogP contribution in [0, 0.1) is 0 Å². The zero-order chi connectivity index (χ0) is 11.3. The van der Waals surface area contributed by atoms with Crippen molar-refractivity contribution < 1.29 is 15.1 Å². The minimum absolute atomic E-state index is 0.196. The van der Waals surface area contributed by atoms with E-state index in [0.29, 0.717) is 6.42 Å². The molecule has 82 valence electrons. The van der Waals surface area contributed by atoms with E-state index < -0.39 is 5.97 Å². The summed E-state index contributed by atoms with van der Waals surface area (Å²) in [4.78, 5) is 10.3. The van der Waals surface area contributed by atoms with Gasteiger partial charge in [0.25, 0.3) is 0 Å². The van der Waals surface area contributed by atoms with Gasteiger partial charge in [0.1, 0.15) is 0 Å². The highest BCUT2D eigenvalue weighted by Gasteiger charge is 1.99. The fourth-order valence-corrected chi connectivity index (χ4v) is 1.32. The van der Waals surface area contributed by atoms with Crippen LogP contribution in [0.15, 0.2) is 24.3 Å². The van der Waals surface area contributed by atoms with E-state index >= 15 is 0 Å². The van der Waals surface area contributed by atoms with Crippen molar-refractivity contribution in [3.05, 3.63) is 29.8 Å². The molecule has 0 unspecified atom stereocenters. The van der Waals surface area contributed by atoms with Crippen LogP contribution in [0.1, 0.15) is 18.4 Å². The van der Waals surface area contributed by atoms with E-state index in [0.717, 1.165) is 22.7 Å². The Hall–Kier alpha value is -1.55. The molecule has 0 aliphatic rings. The monoisotopic (exact) mass is 209 g/mol. The maximum atomic E-state index is 10.3. The molecule has 4 nitrogen and oxygen atoms in total. The van der Waals surface area contributed by atoms with Crippen molar-refractivity contribution in [2.24, 2.45) is 0 Å². The first-order valence-electron chi connectivity index (χ1n) is 4.83. The lowest BCUT2D eigenvalue weighted by Crippen LogP contribution is -2.09. The van der Waals surface area contributed by atoms with Gasteiger partial charge in [0, 0.05) is 13.5 Å². The van der Waals surface area contributed by atoms with Crippen molar-refractivity contribution in [2.75, 3.05) is 12.1 Å². The molecule has 0 fully saturated rings. The maximum absolute atomic E-state index is 10.3. The molecule has 0 heterocycles. The van der Waals surface area contributed by atoms with Crippen LogP contribution in [0.5, 0.6) is 0 Å². The molecule has 0 aliphatic carbocycles. The first kappa shape index (κ1) is 11.5. The van der Waals surface area contributed by atoms with E-state index in [1.807, 2.05) is 12.1 Å². The van der Waals surface area contributed by atoms with Gasteiger partial charge >= 0.3 is 5.97 Å². The number of anilines is 1. The van der Waals surface area contributed by atoms with E-state index in [9.17, 15) is 4.79 Å². The second-order valence-electron chi connectivity index (χ2n) is 3.44. The number of carbonyl (C=O) groups is 1. The second kappa shape index (κ2) is 5.36. The first-order valence-corrected chi connectivity index (χ1v) is 4.83. The summed E-state index contributed by atoms with van der Waals surface area (Å²) in [5, 5.41) is 18.6. The van der Waals surface area contributed by atoms with Gasteiger partial charge in [-0.3, -0.25) is 15.1 Å². The van der Waals surface area contributed by atoms with Gasteiger partial charge in [-0.2, -0.15) is 0 Å². The minimum atomic E-state index is -0.762. The van der Waals surface area contributed by atoms with Crippen molar-refractivity contribution in [3.8, 4) is 0 Å². The van der Waals surface area contributed by atoms with Gasteiger partial charge in [-0.05, 0) is 30.5 Å².